The molecule has 0 unspecified atom stereocenters. The van der Waals surface area contributed by atoms with Gasteiger partial charge in [0.15, 0.2) is 0 Å². The van der Waals surface area contributed by atoms with Gasteiger partial charge in [-0.3, -0.25) is 0 Å². The Morgan fingerprint density at radius 3 is 2.85 bits per heavy atom. The van der Waals surface area contributed by atoms with E-state index in [1.165, 1.54) is 24.4 Å². The van der Waals surface area contributed by atoms with E-state index in [2.05, 4.69) is 14.7 Å². The molecule has 3 N–H and O–H groups in total. The SMILES string of the molecule is Cc1nsc(NCC2(CN)CC2)n1. The van der Waals surface area contributed by atoms with E-state index in [0.29, 0.717) is 5.41 Å². The zero-order chi connectivity index (χ0) is 9.31. The van der Waals surface area contributed by atoms with Crippen molar-refractivity contribution in [3.8, 4) is 0 Å². The van der Waals surface area contributed by atoms with Crippen LogP contribution in [0.1, 0.15) is 18.7 Å². The molecule has 0 radical (unpaired) electrons. The van der Waals surface area contributed by atoms with E-state index >= 15 is 0 Å². The highest BCUT2D eigenvalue weighted by atomic mass is 32.1. The molecular weight excluding hydrogens is 184 g/mol. The lowest BCUT2D eigenvalue weighted by molar-refractivity contribution is 0.555. The van der Waals surface area contributed by atoms with Crippen molar-refractivity contribution >= 4 is 16.7 Å². The summed E-state index contributed by atoms with van der Waals surface area (Å²) in [7, 11) is 0. The number of hydrogen-bond acceptors (Lipinski definition) is 5. The predicted octanol–water partition coefficient (Wildman–Crippen LogP) is 0.997. The van der Waals surface area contributed by atoms with Crippen LogP contribution in [0.25, 0.3) is 0 Å². The van der Waals surface area contributed by atoms with E-state index in [1.807, 2.05) is 6.92 Å². The Bertz CT molecular complexity index is 292. The first kappa shape index (κ1) is 8.90. The van der Waals surface area contributed by atoms with Gasteiger partial charge in [0.05, 0.1) is 0 Å². The van der Waals surface area contributed by atoms with Crippen LogP contribution in [0.2, 0.25) is 0 Å². The zero-order valence-corrected chi connectivity index (χ0v) is 8.52. The molecule has 0 bridgehead atoms. The summed E-state index contributed by atoms with van der Waals surface area (Å²) < 4.78 is 4.10. The molecule has 5 heteroatoms. The van der Waals surface area contributed by atoms with Crippen molar-refractivity contribution in [2.24, 2.45) is 11.1 Å². The summed E-state index contributed by atoms with van der Waals surface area (Å²) in [6, 6.07) is 0. The third kappa shape index (κ3) is 1.97. The summed E-state index contributed by atoms with van der Waals surface area (Å²) in [5.41, 5.74) is 6.03. The third-order valence-electron chi connectivity index (χ3n) is 2.53. The molecule has 13 heavy (non-hydrogen) atoms. The van der Waals surface area contributed by atoms with E-state index in [-0.39, 0.29) is 0 Å². The molecule has 72 valence electrons. The van der Waals surface area contributed by atoms with Gasteiger partial charge in [0.25, 0.3) is 0 Å². The Labute approximate surface area is 81.7 Å². The first-order chi connectivity index (χ1) is 6.24. The maximum absolute atomic E-state index is 5.67. The van der Waals surface area contributed by atoms with Crippen LogP contribution in [0.15, 0.2) is 0 Å². The Morgan fingerprint density at radius 1 is 1.62 bits per heavy atom. The molecule has 0 atom stereocenters. The van der Waals surface area contributed by atoms with E-state index in [0.717, 1.165) is 24.0 Å². The average Bonchev–Trinajstić information content (AvgIpc) is 2.81. The molecule has 1 aromatic rings. The number of nitrogens with zero attached hydrogens (tertiary/aromatic N) is 2. The molecular formula is C8H14N4S. The number of aromatic nitrogens is 2. The molecule has 1 saturated carbocycles. The second kappa shape index (κ2) is 3.23. The van der Waals surface area contributed by atoms with Crippen molar-refractivity contribution in [2.75, 3.05) is 18.4 Å². The summed E-state index contributed by atoms with van der Waals surface area (Å²) in [5.74, 6) is 0.838. The summed E-state index contributed by atoms with van der Waals surface area (Å²) >= 11 is 1.42. The lowest BCUT2D eigenvalue weighted by atomic mass is 10.1. The fraction of sp³-hybridized carbons (Fsp3) is 0.750. The molecule has 4 nitrogen and oxygen atoms in total. The largest absolute Gasteiger partial charge is 0.360 e. The van der Waals surface area contributed by atoms with Gasteiger partial charge in [-0.2, -0.15) is 4.37 Å². The van der Waals surface area contributed by atoms with Gasteiger partial charge in [0, 0.05) is 18.1 Å². The highest BCUT2D eigenvalue weighted by Crippen LogP contribution is 2.44. The minimum Gasteiger partial charge on any atom is -0.360 e. The number of nitrogens with two attached hydrogens (primary N) is 1. The Hall–Kier alpha value is -0.680. The number of nitrogens with one attached hydrogen (secondary N) is 1. The van der Waals surface area contributed by atoms with Gasteiger partial charge in [-0.25, -0.2) is 4.98 Å². The van der Waals surface area contributed by atoms with Crippen molar-refractivity contribution in [1.82, 2.24) is 9.36 Å². The van der Waals surface area contributed by atoms with Crippen molar-refractivity contribution < 1.29 is 0 Å². The van der Waals surface area contributed by atoms with Gasteiger partial charge in [-0.05, 0) is 31.7 Å². The first-order valence-electron chi connectivity index (χ1n) is 4.48. The zero-order valence-electron chi connectivity index (χ0n) is 7.71. The van der Waals surface area contributed by atoms with Crippen LogP contribution >= 0.6 is 11.5 Å². The van der Waals surface area contributed by atoms with Gasteiger partial charge < -0.3 is 11.1 Å². The van der Waals surface area contributed by atoms with Crippen LogP contribution < -0.4 is 11.1 Å². The summed E-state index contributed by atoms with van der Waals surface area (Å²) in [6.07, 6.45) is 2.49. The van der Waals surface area contributed by atoms with Gasteiger partial charge in [-0.1, -0.05) is 0 Å². The van der Waals surface area contributed by atoms with Crippen molar-refractivity contribution in [1.29, 1.82) is 0 Å². The Balaban J connectivity index is 1.86. The Kier molecular flexibility index (Phi) is 2.21. The fourth-order valence-corrected chi connectivity index (χ4v) is 1.83. The molecule has 1 aliphatic carbocycles. The molecule has 0 saturated heterocycles. The highest BCUT2D eigenvalue weighted by Gasteiger charge is 2.40. The van der Waals surface area contributed by atoms with E-state index in [9.17, 15) is 0 Å². The quantitative estimate of drug-likeness (QED) is 0.757. The maximum Gasteiger partial charge on any atom is 0.202 e. The lowest BCUT2D eigenvalue weighted by Gasteiger charge is -2.11. The molecule has 1 fully saturated rings. The Morgan fingerprint density at radius 2 is 2.38 bits per heavy atom. The number of anilines is 1. The maximum atomic E-state index is 5.67. The van der Waals surface area contributed by atoms with Gasteiger partial charge >= 0.3 is 0 Å². The monoisotopic (exact) mass is 198 g/mol. The topological polar surface area (TPSA) is 63.8 Å². The van der Waals surface area contributed by atoms with Gasteiger partial charge in [0.2, 0.25) is 5.13 Å². The normalized spacial score (nSPS) is 18.6. The average molecular weight is 198 g/mol. The fourth-order valence-electron chi connectivity index (χ4n) is 1.26. The molecule has 1 aliphatic rings. The van der Waals surface area contributed by atoms with Gasteiger partial charge in [0.1, 0.15) is 5.82 Å². The molecule has 2 rings (SSSR count). The molecule has 0 amide bonds. The number of rotatable bonds is 4. The number of aryl methyl sites for hydroxylation is 1. The predicted molar refractivity (Wildman–Crippen MR) is 53.9 cm³/mol. The molecule has 1 aromatic heterocycles. The molecule has 0 aliphatic heterocycles. The van der Waals surface area contributed by atoms with Crippen molar-refractivity contribution in [3.05, 3.63) is 5.82 Å². The second-order valence-corrected chi connectivity index (χ2v) is 4.46. The van der Waals surface area contributed by atoms with E-state index in [1.54, 1.807) is 0 Å². The lowest BCUT2D eigenvalue weighted by Crippen LogP contribution is -2.24. The first-order valence-corrected chi connectivity index (χ1v) is 5.26. The van der Waals surface area contributed by atoms with Crippen molar-refractivity contribution in [3.63, 3.8) is 0 Å². The second-order valence-electron chi connectivity index (χ2n) is 3.70. The van der Waals surface area contributed by atoms with Crippen LogP contribution in [0.3, 0.4) is 0 Å². The van der Waals surface area contributed by atoms with Crippen LogP contribution in [0.5, 0.6) is 0 Å². The van der Waals surface area contributed by atoms with Crippen LogP contribution in [-0.2, 0) is 0 Å². The van der Waals surface area contributed by atoms with Crippen molar-refractivity contribution in [2.45, 2.75) is 19.8 Å². The van der Waals surface area contributed by atoms with E-state index in [4.69, 9.17) is 5.73 Å². The summed E-state index contributed by atoms with van der Waals surface area (Å²) in [6.45, 7) is 3.62. The molecule has 0 aromatic carbocycles. The number of hydrogen-bond donors (Lipinski definition) is 2. The van der Waals surface area contributed by atoms with Crippen LogP contribution in [-0.4, -0.2) is 22.4 Å². The molecule has 0 spiro atoms. The summed E-state index contributed by atoms with van der Waals surface area (Å²) in [5, 5.41) is 4.20. The summed E-state index contributed by atoms with van der Waals surface area (Å²) in [4.78, 5) is 4.23. The third-order valence-corrected chi connectivity index (χ3v) is 3.30. The minimum atomic E-state index is 0.361. The van der Waals surface area contributed by atoms with Crippen LogP contribution in [0.4, 0.5) is 5.13 Å². The smallest absolute Gasteiger partial charge is 0.202 e. The van der Waals surface area contributed by atoms with E-state index < -0.39 is 0 Å². The highest BCUT2D eigenvalue weighted by molar-refractivity contribution is 7.09. The standard InChI is InChI=1S/C8H14N4S/c1-6-11-7(13-12-6)10-5-8(4-9)2-3-8/h2-5,9H2,1H3,(H,10,11,12). The minimum absolute atomic E-state index is 0.361. The van der Waals surface area contributed by atoms with Crippen LogP contribution in [0, 0.1) is 12.3 Å². The molecule has 1 heterocycles. The van der Waals surface area contributed by atoms with Gasteiger partial charge in [-0.15, -0.1) is 0 Å².